The summed E-state index contributed by atoms with van der Waals surface area (Å²) < 4.78 is 0. The highest BCUT2D eigenvalue weighted by Gasteiger charge is 2.37. The Morgan fingerprint density at radius 3 is 2.59 bits per heavy atom. The molecule has 2 heteroatoms. The van der Waals surface area contributed by atoms with Crippen LogP contribution in [0.2, 0.25) is 0 Å². The number of terminal acetylenes is 1. The maximum Gasteiger partial charge on any atom is 0.0214 e. The summed E-state index contributed by atoms with van der Waals surface area (Å²) in [6.45, 7) is 4.54. The molecular weight excluding hydrogens is 208 g/mol. The van der Waals surface area contributed by atoms with E-state index in [0.29, 0.717) is 0 Å². The van der Waals surface area contributed by atoms with E-state index in [1.54, 1.807) is 0 Å². The monoisotopic (exact) mass is 234 g/mol. The summed E-state index contributed by atoms with van der Waals surface area (Å²) in [5.74, 6) is 2.79. The van der Waals surface area contributed by atoms with E-state index in [1.165, 1.54) is 45.1 Å². The van der Waals surface area contributed by atoms with E-state index in [4.69, 9.17) is 6.42 Å². The molecule has 2 fully saturated rings. The minimum Gasteiger partial charge on any atom is -0.314 e. The first kappa shape index (κ1) is 12.9. The van der Waals surface area contributed by atoms with Crippen molar-refractivity contribution in [2.24, 2.45) is 0 Å². The van der Waals surface area contributed by atoms with Crippen LogP contribution in [0.4, 0.5) is 0 Å². The molecule has 17 heavy (non-hydrogen) atoms. The fourth-order valence-corrected chi connectivity index (χ4v) is 3.55. The normalized spacial score (nSPS) is 33.3. The van der Waals surface area contributed by atoms with Gasteiger partial charge < -0.3 is 5.32 Å². The summed E-state index contributed by atoms with van der Waals surface area (Å²) >= 11 is 0. The smallest absolute Gasteiger partial charge is 0.0214 e. The van der Waals surface area contributed by atoms with Crippen LogP contribution >= 0.6 is 0 Å². The largest absolute Gasteiger partial charge is 0.314 e. The van der Waals surface area contributed by atoms with Gasteiger partial charge in [-0.3, -0.25) is 4.90 Å². The highest BCUT2D eigenvalue weighted by atomic mass is 15.2. The number of fused-ring (bicyclic) bond motifs is 2. The van der Waals surface area contributed by atoms with E-state index in [0.717, 1.165) is 31.1 Å². The lowest BCUT2D eigenvalue weighted by Gasteiger charge is -2.49. The second-order valence-electron chi connectivity index (χ2n) is 5.55. The number of nitrogens with zero attached hydrogens (tertiary/aromatic N) is 1. The molecule has 2 atom stereocenters. The summed E-state index contributed by atoms with van der Waals surface area (Å²) in [6, 6.07) is 2.35. The molecule has 2 nitrogen and oxygen atoms in total. The minimum absolute atomic E-state index is 0.757. The molecule has 2 rings (SSSR count). The number of piperidine rings is 2. The summed E-state index contributed by atoms with van der Waals surface area (Å²) in [5, 5.41) is 3.71. The van der Waals surface area contributed by atoms with Crippen molar-refractivity contribution in [3.8, 4) is 12.3 Å². The summed E-state index contributed by atoms with van der Waals surface area (Å²) in [6.07, 6.45) is 14.4. The van der Waals surface area contributed by atoms with Crippen molar-refractivity contribution in [1.29, 1.82) is 0 Å². The number of rotatable bonds is 5. The lowest BCUT2D eigenvalue weighted by atomic mass is 9.81. The quantitative estimate of drug-likeness (QED) is 0.735. The van der Waals surface area contributed by atoms with Gasteiger partial charge in [-0.1, -0.05) is 13.3 Å². The van der Waals surface area contributed by atoms with Gasteiger partial charge in [0.15, 0.2) is 0 Å². The number of hydrogen-bond donors (Lipinski definition) is 1. The average Bonchev–Trinajstić information content (AvgIpc) is 2.33. The molecule has 0 aromatic rings. The SMILES string of the molecule is C#CCCN1C2CCCC1CC(NCCC)C2. The van der Waals surface area contributed by atoms with Crippen molar-refractivity contribution in [3.05, 3.63) is 0 Å². The molecule has 2 bridgehead atoms. The molecule has 2 unspecified atom stereocenters. The summed E-state index contributed by atoms with van der Waals surface area (Å²) in [5.41, 5.74) is 0. The standard InChI is InChI=1S/C15H26N2/c1-3-5-10-17-14-7-6-8-15(17)12-13(11-14)16-9-4-2/h1,13-16H,4-12H2,2H3. The van der Waals surface area contributed by atoms with Crippen LogP contribution < -0.4 is 5.32 Å². The lowest BCUT2D eigenvalue weighted by Crippen LogP contribution is -2.56. The molecule has 0 aliphatic carbocycles. The zero-order valence-corrected chi connectivity index (χ0v) is 11.1. The maximum absolute atomic E-state index is 5.40. The molecule has 0 aromatic carbocycles. The topological polar surface area (TPSA) is 15.3 Å². The Bertz CT molecular complexity index is 255. The third-order valence-electron chi connectivity index (χ3n) is 4.32. The molecule has 96 valence electrons. The number of nitrogens with one attached hydrogen (secondary N) is 1. The molecule has 2 saturated heterocycles. The van der Waals surface area contributed by atoms with E-state index in [2.05, 4.69) is 23.1 Å². The van der Waals surface area contributed by atoms with Gasteiger partial charge in [0, 0.05) is 31.1 Å². The summed E-state index contributed by atoms with van der Waals surface area (Å²) in [4.78, 5) is 2.70. The molecule has 0 aromatic heterocycles. The maximum atomic E-state index is 5.40. The van der Waals surface area contributed by atoms with Crippen molar-refractivity contribution in [1.82, 2.24) is 10.2 Å². The Kier molecular flexibility index (Phi) is 4.88. The zero-order chi connectivity index (χ0) is 12.1. The third kappa shape index (κ3) is 3.24. The fourth-order valence-electron chi connectivity index (χ4n) is 3.55. The van der Waals surface area contributed by atoms with Gasteiger partial charge in [0.05, 0.1) is 0 Å². The molecule has 2 aliphatic rings. The summed E-state index contributed by atoms with van der Waals surface area (Å²) in [7, 11) is 0. The van der Waals surface area contributed by atoms with Crippen LogP contribution in [0.15, 0.2) is 0 Å². The van der Waals surface area contributed by atoms with Gasteiger partial charge in [0.25, 0.3) is 0 Å². The predicted molar refractivity (Wildman–Crippen MR) is 72.9 cm³/mol. The van der Waals surface area contributed by atoms with Crippen LogP contribution in [-0.4, -0.2) is 36.1 Å². The van der Waals surface area contributed by atoms with Crippen LogP contribution in [-0.2, 0) is 0 Å². The molecule has 2 heterocycles. The van der Waals surface area contributed by atoms with Crippen molar-refractivity contribution in [2.45, 2.75) is 70.0 Å². The first-order chi connectivity index (χ1) is 8.35. The van der Waals surface area contributed by atoms with E-state index in [-0.39, 0.29) is 0 Å². The van der Waals surface area contributed by atoms with Crippen molar-refractivity contribution in [2.75, 3.05) is 13.1 Å². The predicted octanol–water partition coefficient (Wildman–Crippen LogP) is 2.39. The van der Waals surface area contributed by atoms with Gasteiger partial charge in [-0.05, 0) is 38.6 Å². The molecule has 0 radical (unpaired) electrons. The minimum atomic E-state index is 0.757. The molecular formula is C15H26N2. The van der Waals surface area contributed by atoms with E-state index in [9.17, 15) is 0 Å². The Labute approximate surface area is 106 Å². The van der Waals surface area contributed by atoms with Crippen LogP contribution in [0.25, 0.3) is 0 Å². The van der Waals surface area contributed by atoms with E-state index in [1.807, 2.05) is 0 Å². The van der Waals surface area contributed by atoms with Crippen LogP contribution in [0.5, 0.6) is 0 Å². The van der Waals surface area contributed by atoms with Crippen molar-refractivity contribution in [3.63, 3.8) is 0 Å². The van der Waals surface area contributed by atoms with Crippen molar-refractivity contribution >= 4 is 0 Å². The van der Waals surface area contributed by atoms with E-state index < -0.39 is 0 Å². The molecule has 1 N–H and O–H groups in total. The average molecular weight is 234 g/mol. The highest BCUT2D eigenvalue weighted by molar-refractivity contribution is 4.96. The van der Waals surface area contributed by atoms with Gasteiger partial charge in [0.1, 0.15) is 0 Å². The van der Waals surface area contributed by atoms with Crippen LogP contribution in [0.1, 0.15) is 51.9 Å². The third-order valence-corrected chi connectivity index (χ3v) is 4.32. The van der Waals surface area contributed by atoms with Gasteiger partial charge >= 0.3 is 0 Å². The Morgan fingerprint density at radius 1 is 1.29 bits per heavy atom. The van der Waals surface area contributed by atoms with Crippen LogP contribution in [0, 0.1) is 12.3 Å². The molecule has 0 spiro atoms. The second-order valence-corrected chi connectivity index (χ2v) is 5.55. The van der Waals surface area contributed by atoms with Gasteiger partial charge in [-0.25, -0.2) is 0 Å². The molecule has 0 amide bonds. The van der Waals surface area contributed by atoms with Gasteiger partial charge in [-0.2, -0.15) is 0 Å². The van der Waals surface area contributed by atoms with Gasteiger partial charge in [-0.15, -0.1) is 12.3 Å². The van der Waals surface area contributed by atoms with E-state index >= 15 is 0 Å². The number of hydrogen-bond acceptors (Lipinski definition) is 2. The first-order valence-electron chi connectivity index (χ1n) is 7.27. The molecule has 0 saturated carbocycles. The fraction of sp³-hybridized carbons (Fsp3) is 0.867. The Morgan fingerprint density at radius 2 is 2.00 bits per heavy atom. The lowest BCUT2D eigenvalue weighted by molar-refractivity contribution is 0.0266. The van der Waals surface area contributed by atoms with Crippen molar-refractivity contribution < 1.29 is 0 Å². The Balaban J connectivity index is 1.89. The highest BCUT2D eigenvalue weighted by Crippen LogP contribution is 2.33. The zero-order valence-electron chi connectivity index (χ0n) is 11.1. The first-order valence-corrected chi connectivity index (χ1v) is 7.27. The van der Waals surface area contributed by atoms with Gasteiger partial charge in [0.2, 0.25) is 0 Å². The molecule has 2 aliphatic heterocycles. The van der Waals surface area contributed by atoms with Crippen LogP contribution in [0.3, 0.4) is 0 Å². The Hall–Kier alpha value is -0.520. The second kappa shape index (κ2) is 6.42.